The van der Waals surface area contributed by atoms with Crippen molar-refractivity contribution in [2.24, 2.45) is 0 Å². The molecule has 0 unspecified atom stereocenters. The minimum Gasteiger partial charge on any atom is -0.478 e. The van der Waals surface area contributed by atoms with Gasteiger partial charge in [-0.2, -0.15) is 0 Å². The van der Waals surface area contributed by atoms with Crippen molar-refractivity contribution in [3.8, 4) is 0 Å². The number of carboxylic acids is 1. The Morgan fingerprint density at radius 3 is 1.95 bits per heavy atom. The second-order valence-electron chi connectivity index (χ2n) is 2.55. The first-order chi connectivity index (χ1) is 9.47. The van der Waals surface area contributed by atoms with E-state index in [1.54, 1.807) is 6.92 Å². The first kappa shape index (κ1) is 22.5. The second kappa shape index (κ2) is 18.7. The quantitative estimate of drug-likeness (QED) is 0.455. The van der Waals surface area contributed by atoms with E-state index in [1.807, 2.05) is 0 Å². The van der Waals surface area contributed by atoms with E-state index in [1.165, 1.54) is 6.08 Å². The molecule has 0 rings (SSSR count). The highest BCUT2D eigenvalue weighted by atomic mass is 16.5. The number of carboxylic acid groups (broad SMARTS) is 1. The lowest BCUT2D eigenvalue weighted by Gasteiger charge is -1.92. The van der Waals surface area contributed by atoms with Gasteiger partial charge >= 0.3 is 17.9 Å². The molecule has 0 fully saturated rings. The summed E-state index contributed by atoms with van der Waals surface area (Å²) in [4.78, 5) is 30.4. The third-order valence-electron chi connectivity index (χ3n) is 1.16. The number of ether oxygens (including phenoxy) is 2. The third-order valence-corrected chi connectivity index (χ3v) is 1.16. The van der Waals surface area contributed by atoms with Crippen LogP contribution >= 0.6 is 0 Å². The molecule has 0 aliphatic heterocycles. The van der Waals surface area contributed by atoms with Crippen molar-refractivity contribution >= 4 is 17.9 Å². The van der Waals surface area contributed by atoms with Gasteiger partial charge in [-0.15, -0.1) is 13.2 Å². The number of carbonyl (C=O) groups excluding carboxylic acids is 2. The summed E-state index contributed by atoms with van der Waals surface area (Å²) in [6, 6.07) is 0. The van der Waals surface area contributed by atoms with Crippen molar-refractivity contribution in [3.05, 3.63) is 50.6 Å². The molecule has 0 heterocycles. The van der Waals surface area contributed by atoms with Gasteiger partial charge in [0.1, 0.15) is 6.61 Å². The molecule has 0 aliphatic rings. The highest BCUT2D eigenvalue weighted by Gasteiger charge is 1.94. The zero-order chi connectivity index (χ0) is 16.4. The molecule has 112 valence electrons. The van der Waals surface area contributed by atoms with Gasteiger partial charge in [0, 0.05) is 18.2 Å². The topological polar surface area (TPSA) is 89.9 Å². The van der Waals surface area contributed by atoms with Crippen LogP contribution in [0, 0.1) is 0 Å². The maximum absolute atomic E-state index is 10.4. The molecular weight excluding hydrogens is 264 g/mol. The second-order valence-corrected chi connectivity index (χ2v) is 2.55. The number of hydrogen-bond acceptors (Lipinski definition) is 5. The average molecular weight is 284 g/mol. The number of esters is 2. The van der Waals surface area contributed by atoms with Crippen LogP contribution in [0.4, 0.5) is 0 Å². The van der Waals surface area contributed by atoms with Gasteiger partial charge in [0.05, 0.1) is 6.61 Å². The van der Waals surface area contributed by atoms with E-state index >= 15 is 0 Å². The minimum atomic E-state index is -1.16. The van der Waals surface area contributed by atoms with Gasteiger partial charge in [-0.1, -0.05) is 19.2 Å². The largest absolute Gasteiger partial charge is 0.478 e. The molecule has 0 saturated carbocycles. The first-order valence-electron chi connectivity index (χ1n) is 5.45. The molecule has 6 heteroatoms. The van der Waals surface area contributed by atoms with Gasteiger partial charge in [-0.05, 0) is 6.92 Å². The smallest absolute Gasteiger partial charge is 0.330 e. The first-order valence-corrected chi connectivity index (χ1v) is 5.45. The minimum absolute atomic E-state index is 0.253. The zero-order valence-electron chi connectivity index (χ0n) is 11.5. The summed E-state index contributed by atoms with van der Waals surface area (Å²) in [6.45, 7) is 14.7. The van der Waals surface area contributed by atoms with Crippen LogP contribution in [0.2, 0.25) is 0 Å². The predicted molar refractivity (Wildman–Crippen MR) is 76.0 cm³/mol. The fourth-order valence-corrected chi connectivity index (χ4v) is 0.530. The molecule has 0 aliphatic carbocycles. The monoisotopic (exact) mass is 284 g/mol. The summed E-state index contributed by atoms with van der Waals surface area (Å²) in [5, 5.41) is 8.04. The Morgan fingerprint density at radius 1 is 1.05 bits per heavy atom. The number of carbonyl (C=O) groups is 3. The van der Waals surface area contributed by atoms with Crippen LogP contribution in [0.3, 0.4) is 0 Å². The molecule has 0 atom stereocenters. The normalized spacial score (nSPS) is 8.05. The van der Waals surface area contributed by atoms with E-state index in [4.69, 9.17) is 5.11 Å². The predicted octanol–water partition coefficient (Wildman–Crippen LogP) is 1.89. The molecule has 0 aromatic rings. The van der Waals surface area contributed by atoms with Crippen molar-refractivity contribution < 1.29 is 29.0 Å². The van der Waals surface area contributed by atoms with Crippen LogP contribution in [0.1, 0.15) is 6.92 Å². The van der Waals surface area contributed by atoms with Gasteiger partial charge in [0.25, 0.3) is 0 Å². The van der Waals surface area contributed by atoms with Crippen molar-refractivity contribution in [2.45, 2.75) is 6.92 Å². The van der Waals surface area contributed by atoms with Crippen LogP contribution in [0.15, 0.2) is 50.6 Å². The lowest BCUT2D eigenvalue weighted by molar-refractivity contribution is -0.138. The van der Waals surface area contributed by atoms with Gasteiger partial charge < -0.3 is 14.6 Å². The van der Waals surface area contributed by atoms with Crippen LogP contribution < -0.4 is 0 Å². The molecule has 0 aromatic carbocycles. The molecule has 6 nitrogen and oxygen atoms in total. The summed E-state index contributed by atoms with van der Waals surface area (Å²) < 4.78 is 8.87. The summed E-state index contributed by atoms with van der Waals surface area (Å²) >= 11 is 0. The highest BCUT2D eigenvalue weighted by Crippen LogP contribution is 1.80. The standard InChI is InChI=1S/C6H8O4.C6H8O2.C2H4/c1-2-10-6(9)4-3-5(7)8;1-3-5-8-6(7)4-2;1-2/h3-4H,2H2,1H3,(H,7,8);3-4H,1-2,5H2;1-2H2/b4-3-;;. The molecule has 20 heavy (non-hydrogen) atoms. The Morgan fingerprint density at radius 2 is 1.60 bits per heavy atom. The molecule has 1 N–H and O–H groups in total. The van der Waals surface area contributed by atoms with Crippen molar-refractivity contribution in [1.29, 1.82) is 0 Å². The van der Waals surface area contributed by atoms with E-state index < -0.39 is 17.9 Å². The fourth-order valence-electron chi connectivity index (χ4n) is 0.530. The Balaban J connectivity index is -0.000000262. The van der Waals surface area contributed by atoms with Crippen LogP contribution in [-0.4, -0.2) is 36.2 Å². The Kier molecular flexibility index (Phi) is 21.1. The van der Waals surface area contributed by atoms with E-state index in [2.05, 4.69) is 35.8 Å². The maximum Gasteiger partial charge on any atom is 0.330 e. The van der Waals surface area contributed by atoms with Crippen LogP contribution in [-0.2, 0) is 23.9 Å². The Labute approximate surface area is 118 Å². The maximum atomic E-state index is 10.4. The van der Waals surface area contributed by atoms with Crippen molar-refractivity contribution in [2.75, 3.05) is 13.2 Å². The third kappa shape index (κ3) is 24.6. The van der Waals surface area contributed by atoms with E-state index in [0.29, 0.717) is 0 Å². The number of hydrogen-bond donors (Lipinski definition) is 1. The molecule has 0 bridgehead atoms. The van der Waals surface area contributed by atoms with Crippen LogP contribution in [0.5, 0.6) is 0 Å². The molecule has 0 aromatic heterocycles. The van der Waals surface area contributed by atoms with Gasteiger partial charge in [-0.25, -0.2) is 14.4 Å². The Hall–Kier alpha value is -2.63. The highest BCUT2D eigenvalue weighted by molar-refractivity contribution is 5.90. The van der Waals surface area contributed by atoms with Crippen molar-refractivity contribution in [1.82, 2.24) is 0 Å². The van der Waals surface area contributed by atoms with E-state index in [-0.39, 0.29) is 13.2 Å². The molecule has 0 spiro atoms. The van der Waals surface area contributed by atoms with E-state index in [0.717, 1.165) is 18.2 Å². The summed E-state index contributed by atoms with van der Waals surface area (Å²) in [7, 11) is 0. The van der Waals surface area contributed by atoms with Gasteiger partial charge in [-0.3, -0.25) is 0 Å². The lowest BCUT2D eigenvalue weighted by atomic mass is 10.5. The average Bonchev–Trinajstić information content (AvgIpc) is 2.45. The summed E-state index contributed by atoms with van der Waals surface area (Å²) in [5.41, 5.74) is 0. The number of rotatable bonds is 6. The van der Waals surface area contributed by atoms with Gasteiger partial charge in [0.15, 0.2) is 0 Å². The molecule has 0 saturated heterocycles. The van der Waals surface area contributed by atoms with Crippen molar-refractivity contribution in [3.63, 3.8) is 0 Å². The summed E-state index contributed by atoms with van der Waals surface area (Å²) in [6.07, 6.45) is 4.22. The van der Waals surface area contributed by atoms with Crippen LogP contribution in [0.25, 0.3) is 0 Å². The number of aliphatic carboxylic acids is 1. The molecule has 0 amide bonds. The molecular formula is C14H20O6. The summed E-state index contributed by atoms with van der Waals surface area (Å²) in [5.74, 6) is -2.21. The fraction of sp³-hybridized carbons (Fsp3) is 0.214. The lowest BCUT2D eigenvalue weighted by Crippen LogP contribution is -2.00. The van der Waals surface area contributed by atoms with Gasteiger partial charge in [0.2, 0.25) is 0 Å². The molecule has 0 radical (unpaired) electrons. The Bertz CT molecular complexity index is 344. The zero-order valence-corrected chi connectivity index (χ0v) is 11.5. The SMILES string of the molecule is C=C.C=CCOC(=O)C=C.CCOC(=O)/C=C\C(=O)O. The van der Waals surface area contributed by atoms with E-state index in [9.17, 15) is 14.4 Å².